The van der Waals surface area contributed by atoms with Crippen molar-refractivity contribution in [2.45, 2.75) is 39.8 Å². The van der Waals surface area contributed by atoms with Gasteiger partial charge in [-0.05, 0) is 55.8 Å². The lowest BCUT2D eigenvalue weighted by Gasteiger charge is -2.15. The van der Waals surface area contributed by atoms with Crippen LogP contribution in [0.3, 0.4) is 0 Å². The van der Waals surface area contributed by atoms with Crippen molar-refractivity contribution in [2.24, 2.45) is 0 Å². The van der Waals surface area contributed by atoms with Crippen molar-refractivity contribution in [3.05, 3.63) is 21.1 Å². The van der Waals surface area contributed by atoms with Crippen molar-refractivity contribution in [2.75, 3.05) is 5.32 Å². The summed E-state index contributed by atoms with van der Waals surface area (Å²) < 4.78 is 4.29. The molecule has 0 unspecified atom stereocenters. The first kappa shape index (κ1) is 13.9. The van der Waals surface area contributed by atoms with E-state index < -0.39 is 0 Å². The number of benzene rings is 1. The van der Waals surface area contributed by atoms with E-state index in [0.717, 1.165) is 25.9 Å². The number of imidazole rings is 1. The highest BCUT2D eigenvalue weighted by Gasteiger charge is 2.16. The van der Waals surface area contributed by atoms with E-state index in [-0.39, 0.29) is 0 Å². The molecule has 0 saturated carbocycles. The number of halogens is 2. The van der Waals surface area contributed by atoms with Crippen molar-refractivity contribution in [3.63, 3.8) is 0 Å². The summed E-state index contributed by atoms with van der Waals surface area (Å²) in [7, 11) is 0. The Morgan fingerprint density at radius 2 is 1.83 bits per heavy atom. The molecule has 0 bridgehead atoms. The second-order valence-electron chi connectivity index (χ2n) is 4.95. The SMILES string of the molecule is CC(C)Nc1nc2c(Br)cc(Br)cc2n1C(C)C. The molecule has 0 atom stereocenters. The Morgan fingerprint density at radius 3 is 2.39 bits per heavy atom. The number of rotatable bonds is 3. The molecule has 0 aliphatic heterocycles. The number of aromatic nitrogens is 2. The van der Waals surface area contributed by atoms with Gasteiger partial charge in [0.2, 0.25) is 5.95 Å². The zero-order valence-corrected chi connectivity index (χ0v) is 14.1. The highest BCUT2D eigenvalue weighted by atomic mass is 79.9. The topological polar surface area (TPSA) is 29.9 Å². The van der Waals surface area contributed by atoms with Gasteiger partial charge < -0.3 is 9.88 Å². The van der Waals surface area contributed by atoms with Gasteiger partial charge in [0.25, 0.3) is 0 Å². The molecule has 2 aromatic rings. The molecule has 0 amide bonds. The van der Waals surface area contributed by atoms with Crippen molar-refractivity contribution in [1.82, 2.24) is 9.55 Å². The minimum atomic E-state index is 0.359. The van der Waals surface area contributed by atoms with Gasteiger partial charge in [-0.3, -0.25) is 0 Å². The highest BCUT2D eigenvalue weighted by Crippen LogP contribution is 2.32. The van der Waals surface area contributed by atoms with Gasteiger partial charge in [-0.25, -0.2) is 4.98 Å². The minimum absolute atomic E-state index is 0.359. The summed E-state index contributed by atoms with van der Waals surface area (Å²) in [6.45, 7) is 8.58. The summed E-state index contributed by atoms with van der Waals surface area (Å²) in [5.74, 6) is 0.925. The maximum absolute atomic E-state index is 4.70. The summed E-state index contributed by atoms with van der Waals surface area (Å²) in [4.78, 5) is 4.70. The number of fused-ring (bicyclic) bond motifs is 1. The van der Waals surface area contributed by atoms with E-state index in [1.165, 1.54) is 0 Å². The zero-order valence-electron chi connectivity index (χ0n) is 11.0. The Balaban J connectivity index is 2.71. The van der Waals surface area contributed by atoms with E-state index in [1.807, 2.05) is 6.07 Å². The molecule has 0 spiro atoms. The van der Waals surface area contributed by atoms with Crippen LogP contribution in [-0.2, 0) is 0 Å². The Labute approximate surface area is 124 Å². The van der Waals surface area contributed by atoms with Crippen molar-refractivity contribution < 1.29 is 0 Å². The van der Waals surface area contributed by atoms with Gasteiger partial charge in [-0.1, -0.05) is 15.9 Å². The van der Waals surface area contributed by atoms with Crippen molar-refractivity contribution in [1.29, 1.82) is 0 Å². The van der Waals surface area contributed by atoms with Crippen LogP contribution in [0.4, 0.5) is 5.95 Å². The molecule has 0 aliphatic carbocycles. The molecule has 18 heavy (non-hydrogen) atoms. The summed E-state index contributed by atoms with van der Waals surface area (Å²) >= 11 is 7.11. The minimum Gasteiger partial charge on any atom is -0.353 e. The van der Waals surface area contributed by atoms with Crippen LogP contribution in [0.25, 0.3) is 11.0 Å². The Bertz CT molecular complexity index is 573. The molecular weight excluding hydrogens is 358 g/mol. The smallest absolute Gasteiger partial charge is 0.204 e. The predicted octanol–water partition coefficient (Wildman–Crippen LogP) is 4.96. The van der Waals surface area contributed by atoms with Gasteiger partial charge >= 0.3 is 0 Å². The molecule has 0 fully saturated rings. The molecule has 1 heterocycles. The number of nitrogens with one attached hydrogen (secondary N) is 1. The van der Waals surface area contributed by atoms with Gasteiger partial charge in [0, 0.05) is 21.0 Å². The maximum Gasteiger partial charge on any atom is 0.204 e. The lowest BCUT2D eigenvalue weighted by Crippen LogP contribution is -2.15. The van der Waals surface area contributed by atoms with Gasteiger partial charge in [-0.2, -0.15) is 0 Å². The number of anilines is 1. The van der Waals surface area contributed by atoms with Gasteiger partial charge in [0.15, 0.2) is 0 Å². The van der Waals surface area contributed by atoms with Crippen LogP contribution in [0.5, 0.6) is 0 Å². The normalized spacial score (nSPS) is 11.8. The van der Waals surface area contributed by atoms with Crippen LogP contribution in [-0.4, -0.2) is 15.6 Å². The van der Waals surface area contributed by atoms with Crippen molar-refractivity contribution in [3.8, 4) is 0 Å². The molecule has 98 valence electrons. The van der Waals surface area contributed by atoms with Gasteiger partial charge in [0.1, 0.15) is 5.52 Å². The monoisotopic (exact) mass is 373 g/mol. The summed E-state index contributed by atoms with van der Waals surface area (Å²) in [6, 6.07) is 4.86. The Hall–Kier alpha value is -0.550. The standard InChI is InChI=1S/C13H17Br2N3/c1-7(2)16-13-17-12-10(15)5-9(14)6-11(12)18(13)8(3)4/h5-8H,1-4H3,(H,16,17). The molecule has 1 aromatic carbocycles. The molecule has 1 N–H and O–H groups in total. The molecule has 0 aliphatic rings. The van der Waals surface area contributed by atoms with Crippen LogP contribution in [0.1, 0.15) is 33.7 Å². The first-order valence-electron chi connectivity index (χ1n) is 6.03. The predicted molar refractivity (Wildman–Crippen MR) is 84.3 cm³/mol. The average molecular weight is 375 g/mol. The van der Waals surface area contributed by atoms with E-state index in [2.05, 4.69) is 75.5 Å². The van der Waals surface area contributed by atoms with Crippen LogP contribution in [0.2, 0.25) is 0 Å². The third-order valence-electron chi connectivity index (χ3n) is 2.65. The molecule has 0 saturated heterocycles. The first-order valence-corrected chi connectivity index (χ1v) is 7.62. The molecule has 1 aromatic heterocycles. The highest BCUT2D eigenvalue weighted by molar-refractivity contribution is 9.11. The fourth-order valence-corrected chi connectivity index (χ4v) is 3.29. The lowest BCUT2D eigenvalue weighted by atomic mass is 10.3. The second kappa shape index (κ2) is 5.21. The summed E-state index contributed by atoms with van der Waals surface area (Å²) in [6.07, 6.45) is 0. The third-order valence-corrected chi connectivity index (χ3v) is 3.71. The summed E-state index contributed by atoms with van der Waals surface area (Å²) in [5, 5.41) is 3.41. The Morgan fingerprint density at radius 1 is 1.17 bits per heavy atom. The third kappa shape index (κ3) is 2.57. The fraction of sp³-hybridized carbons (Fsp3) is 0.462. The van der Waals surface area contributed by atoms with E-state index in [9.17, 15) is 0 Å². The largest absolute Gasteiger partial charge is 0.353 e. The van der Waals surface area contributed by atoms with E-state index in [4.69, 9.17) is 4.98 Å². The van der Waals surface area contributed by atoms with Crippen LogP contribution < -0.4 is 5.32 Å². The molecule has 3 nitrogen and oxygen atoms in total. The summed E-state index contributed by atoms with van der Waals surface area (Å²) in [5.41, 5.74) is 2.13. The van der Waals surface area contributed by atoms with E-state index in [1.54, 1.807) is 0 Å². The first-order chi connectivity index (χ1) is 8.40. The molecular formula is C13H17Br2N3. The lowest BCUT2D eigenvalue weighted by molar-refractivity contribution is 0.618. The van der Waals surface area contributed by atoms with E-state index in [0.29, 0.717) is 12.1 Å². The van der Waals surface area contributed by atoms with Gasteiger partial charge in [0.05, 0.1) is 5.52 Å². The van der Waals surface area contributed by atoms with E-state index >= 15 is 0 Å². The maximum atomic E-state index is 4.70. The zero-order chi connectivity index (χ0) is 13.4. The van der Waals surface area contributed by atoms with Crippen molar-refractivity contribution >= 4 is 48.8 Å². The average Bonchev–Trinajstić information content (AvgIpc) is 2.54. The van der Waals surface area contributed by atoms with Crippen LogP contribution in [0.15, 0.2) is 21.1 Å². The molecule has 2 rings (SSSR count). The quantitative estimate of drug-likeness (QED) is 0.822. The number of nitrogens with zero attached hydrogens (tertiary/aromatic N) is 2. The molecule has 5 heteroatoms. The van der Waals surface area contributed by atoms with Crippen LogP contribution in [0, 0.1) is 0 Å². The fourth-order valence-electron chi connectivity index (χ4n) is 2.00. The molecule has 0 radical (unpaired) electrons. The number of hydrogen-bond acceptors (Lipinski definition) is 2. The number of hydrogen-bond donors (Lipinski definition) is 1. The Kier molecular flexibility index (Phi) is 4.02. The van der Waals surface area contributed by atoms with Gasteiger partial charge in [-0.15, -0.1) is 0 Å². The van der Waals surface area contributed by atoms with Crippen LogP contribution >= 0.6 is 31.9 Å². The second-order valence-corrected chi connectivity index (χ2v) is 6.72.